The molecule has 0 saturated heterocycles. The van der Waals surface area contributed by atoms with Gasteiger partial charge in [-0.3, -0.25) is 0 Å². The summed E-state index contributed by atoms with van der Waals surface area (Å²) in [4.78, 5) is 0. The fourth-order valence-corrected chi connectivity index (χ4v) is 4.11. The number of ether oxygens (including phenoxy) is 3. The topological polar surface area (TPSA) is 27.7 Å². The van der Waals surface area contributed by atoms with Crippen molar-refractivity contribution in [1.29, 1.82) is 0 Å². The quantitative estimate of drug-likeness (QED) is 0.608. The van der Waals surface area contributed by atoms with E-state index in [0.717, 1.165) is 24.3 Å². The van der Waals surface area contributed by atoms with Crippen molar-refractivity contribution in [3.8, 4) is 11.5 Å². The lowest BCUT2D eigenvalue weighted by Gasteiger charge is -2.20. The van der Waals surface area contributed by atoms with Crippen molar-refractivity contribution in [2.75, 3.05) is 19.8 Å². The third kappa shape index (κ3) is 4.00. The molecule has 4 rings (SSSR count). The van der Waals surface area contributed by atoms with Gasteiger partial charge in [-0.1, -0.05) is 30.3 Å². The monoisotopic (exact) mass is 376 g/mol. The molecule has 28 heavy (non-hydrogen) atoms. The molecule has 0 N–H and O–H groups in total. The minimum Gasteiger partial charge on any atom is -0.494 e. The second-order valence-corrected chi connectivity index (χ2v) is 7.22. The molecule has 0 spiro atoms. The van der Waals surface area contributed by atoms with E-state index in [1.807, 2.05) is 38.1 Å². The molecule has 1 atom stereocenters. The zero-order valence-electron chi connectivity index (χ0n) is 16.7. The Labute approximate surface area is 167 Å². The van der Waals surface area contributed by atoms with Crippen molar-refractivity contribution >= 4 is 6.08 Å². The molecule has 0 radical (unpaired) electrons. The average Bonchev–Trinajstić information content (AvgIpc) is 3.16. The summed E-state index contributed by atoms with van der Waals surface area (Å²) in [6, 6.07) is 16.7. The summed E-state index contributed by atoms with van der Waals surface area (Å²) in [7, 11) is 0. The largest absolute Gasteiger partial charge is 0.494 e. The summed E-state index contributed by atoms with van der Waals surface area (Å²) in [6.07, 6.45) is 5.81. The first-order chi connectivity index (χ1) is 13.8. The summed E-state index contributed by atoms with van der Waals surface area (Å²) in [5.41, 5.74) is 6.71. The van der Waals surface area contributed by atoms with Gasteiger partial charge in [0.25, 0.3) is 0 Å². The molecular weight excluding hydrogens is 348 g/mol. The molecule has 0 bridgehead atoms. The molecule has 2 aliphatic rings. The highest BCUT2D eigenvalue weighted by Gasteiger charge is 2.31. The Morgan fingerprint density at radius 3 is 2.18 bits per heavy atom. The van der Waals surface area contributed by atoms with Crippen LogP contribution in [0.15, 0.2) is 65.3 Å². The van der Waals surface area contributed by atoms with Gasteiger partial charge in [-0.25, -0.2) is 0 Å². The molecule has 2 aromatic rings. The van der Waals surface area contributed by atoms with Gasteiger partial charge in [-0.15, -0.1) is 0 Å². The first kappa shape index (κ1) is 18.8. The molecule has 1 unspecified atom stereocenters. The molecule has 1 aliphatic heterocycles. The van der Waals surface area contributed by atoms with Crippen molar-refractivity contribution < 1.29 is 14.2 Å². The molecule has 3 nitrogen and oxygen atoms in total. The summed E-state index contributed by atoms with van der Waals surface area (Å²) >= 11 is 0. The van der Waals surface area contributed by atoms with Crippen molar-refractivity contribution in [2.24, 2.45) is 0 Å². The summed E-state index contributed by atoms with van der Waals surface area (Å²) in [5.74, 6) is 1.84. The van der Waals surface area contributed by atoms with Crippen LogP contribution in [0.4, 0.5) is 0 Å². The number of hydrogen-bond donors (Lipinski definition) is 0. The summed E-state index contributed by atoms with van der Waals surface area (Å²) in [5, 5.41) is 0. The van der Waals surface area contributed by atoms with Crippen molar-refractivity contribution in [3.63, 3.8) is 0 Å². The lowest BCUT2D eigenvalue weighted by atomic mass is 9.84. The van der Waals surface area contributed by atoms with Gasteiger partial charge in [0.2, 0.25) is 0 Å². The molecule has 0 aromatic heterocycles. The molecule has 146 valence electrons. The van der Waals surface area contributed by atoms with Crippen LogP contribution < -0.4 is 9.47 Å². The predicted molar refractivity (Wildman–Crippen MR) is 113 cm³/mol. The SMILES string of the molecule is CCOc1ccc(C=C2CCCC3=C2COC3c2ccc(OCC)cc2)cc1. The lowest BCUT2D eigenvalue weighted by molar-refractivity contribution is 0.120. The molecule has 0 saturated carbocycles. The number of rotatable bonds is 6. The standard InChI is InChI=1S/C25H28O3/c1-3-26-21-12-8-18(9-13-21)16-20-6-5-7-23-24(20)17-28-25(23)19-10-14-22(15-11-19)27-4-2/h8-16,25H,3-7,17H2,1-2H3. The second kappa shape index (κ2) is 8.66. The fourth-order valence-electron chi connectivity index (χ4n) is 4.11. The third-order valence-electron chi connectivity index (χ3n) is 5.40. The Hall–Kier alpha value is -2.52. The van der Waals surface area contributed by atoms with Gasteiger partial charge in [0.1, 0.15) is 17.6 Å². The molecule has 1 aliphatic carbocycles. The minimum absolute atomic E-state index is 0.0784. The molecule has 2 aromatic carbocycles. The van der Waals surface area contributed by atoms with Gasteiger partial charge in [-0.2, -0.15) is 0 Å². The normalized spacial score (nSPS) is 20.4. The third-order valence-corrected chi connectivity index (χ3v) is 5.40. The maximum atomic E-state index is 6.23. The van der Waals surface area contributed by atoms with Crippen LogP contribution in [-0.2, 0) is 4.74 Å². The average molecular weight is 376 g/mol. The molecule has 0 fully saturated rings. The fraction of sp³-hybridized carbons (Fsp3) is 0.360. The van der Waals surface area contributed by atoms with E-state index in [0.29, 0.717) is 19.8 Å². The van der Waals surface area contributed by atoms with E-state index in [-0.39, 0.29) is 6.10 Å². The highest BCUT2D eigenvalue weighted by atomic mass is 16.5. The van der Waals surface area contributed by atoms with E-state index in [1.165, 1.54) is 34.3 Å². The van der Waals surface area contributed by atoms with Gasteiger partial charge in [0.05, 0.1) is 19.8 Å². The molecular formula is C25H28O3. The Kier molecular flexibility index (Phi) is 5.82. The maximum Gasteiger partial charge on any atom is 0.119 e. The van der Waals surface area contributed by atoms with Crippen LogP contribution in [0.25, 0.3) is 6.08 Å². The van der Waals surface area contributed by atoms with E-state index in [2.05, 4.69) is 30.3 Å². The second-order valence-electron chi connectivity index (χ2n) is 7.22. The lowest BCUT2D eigenvalue weighted by Crippen LogP contribution is -2.05. The van der Waals surface area contributed by atoms with Crippen LogP contribution in [0.5, 0.6) is 11.5 Å². The first-order valence-electron chi connectivity index (χ1n) is 10.3. The zero-order chi connectivity index (χ0) is 19.3. The zero-order valence-corrected chi connectivity index (χ0v) is 16.7. The van der Waals surface area contributed by atoms with Crippen molar-refractivity contribution in [1.82, 2.24) is 0 Å². The van der Waals surface area contributed by atoms with Crippen LogP contribution in [0.1, 0.15) is 50.3 Å². The van der Waals surface area contributed by atoms with Gasteiger partial charge >= 0.3 is 0 Å². The predicted octanol–water partition coefficient (Wildman–Crippen LogP) is 6.12. The Balaban J connectivity index is 1.57. The summed E-state index contributed by atoms with van der Waals surface area (Å²) in [6.45, 7) is 6.10. The first-order valence-corrected chi connectivity index (χ1v) is 10.3. The highest BCUT2D eigenvalue weighted by molar-refractivity contribution is 5.62. The van der Waals surface area contributed by atoms with Gasteiger partial charge in [-0.05, 0) is 85.2 Å². The van der Waals surface area contributed by atoms with E-state index in [9.17, 15) is 0 Å². The number of benzene rings is 2. The van der Waals surface area contributed by atoms with Crippen LogP contribution in [0.3, 0.4) is 0 Å². The van der Waals surface area contributed by atoms with Crippen LogP contribution in [-0.4, -0.2) is 19.8 Å². The molecule has 1 heterocycles. The van der Waals surface area contributed by atoms with Crippen molar-refractivity contribution in [3.05, 3.63) is 76.4 Å². The minimum atomic E-state index is 0.0784. The Bertz CT molecular complexity index is 860. The van der Waals surface area contributed by atoms with E-state index in [1.54, 1.807) is 0 Å². The van der Waals surface area contributed by atoms with Gasteiger partial charge in [0.15, 0.2) is 0 Å². The summed E-state index contributed by atoms with van der Waals surface area (Å²) < 4.78 is 17.3. The van der Waals surface area contributed by atoms with Gasteiger partial charge in [0, 0.05) is 0 Å². The van der Waals surface area contributed by atoms with Gasteiger partial charge < -0.3 is 14.2 Å². The van der Waals surface area contributed by atoms with E-state index >= 15 is 0 Å². The maximum absolute atomic E-state index is 6.23. The van der Waals surface area contributed by atoms with Crippen LogP contribution >= 0.6 is 0 Å². The number of hydrogen-bond acceptors (Lipinski definition) is 3. The van der Waals surface area contributed by atoms with Crippen LogP contribution in [0, 0.1) is 0 Å². The smallest absolute Gasteiger partial charge is 0.119 e. The van der Waals surface area contributed by atoms with E-state index in [4.69, 9.17) is 14.2 Å². The Morgan fingerprint density at radius 2 is 1.54 bits per heavy atom. The molecule has 3 heteroatoms. The molecule has 0 amide bonds. The van der Waals surface area contributed by atoms with E-state index < -0.39 is 0 Å². The Morgan fingerprint density at radius 1 is 0.893 bits per heavy atom. The highest BCUT2D eigenvalue weighted by Crippen LogP contribution is 2.44. The van der Waals surface area contributed by atoms with Crippen molar-refractivity contribution in [2.45, 2.75) is 39.2 Å². The van der Waals surface area contributed by atoms with Crippen LogP contribution in [0.2, 0.25) is 0 Å².